The number of amides is 2. The molecule has 0 radical (unpaired) electrons. The van der Waals surface area contributed by atoms with Crippen LogP contribution in [0.1, 0.15) is 45.9 Å². The van der Waals surface area contributed by atoms with Gasteiger partial charge in [-0.05, 0) is 63.1 Å². The minimum Gasteiger partial charge on any atom is -0.368 e. The van der Waals surface area contributed by atoms with Gasteiger partial charge in [0, 0.05) is 50.4 Å². The maximum atomic E-state index is 12.1. The summed E-state index contributed by atoms with van der Waals surface area (Å²) in [6.07, 6.45) is 4.86. The standard InChI is InChI=1S/C22H35ClN4O/c1-17-5-4-6-20(21(17)23)27-15-13-26(14-16-27)12-11-18-7-9-19(10-8-18)24-22(28)25(2)3/h4-6,18-19H,7-16H2,1-3H3,(H,24,28)/i2D3,4D,5D,6D. The van der Waals surface area contributed by atoms with Gasteiger partial charge in [-0.15, -0.1) is 0 Å². The van der Waals surface area contributed by atoms with E-state index in [9.17, 15) is 4.79 Å². The third-order valence-corrected chi connectivity index (χ3v) is 6.45. The molecule has 1 N–H and O–H groups in total. The summed E-state index contributed by atoms with van der Waals surface area (Å²) in [7, 11) is 1.30. The van der Waals surface area contributed by atoms with E-state index < -0.39 is 13.0 Å². The Balaban J connectivity index is 1.42. The third kappa shape index (κ3) is 5.54. The van der Waals surface area contributed by atoms with Crippen LogP contribution in [0.2, 0.25) is 5.02 Å². The van der Waals surface area contributed by atoms with Crippen molar-refractivity contribution in [3.63, 3.8) is 0 Å². The summed E-state index contributed by atoms with van der Waals surface area (Å²) < 4.78 is 46.3. The van der Waals surface area contributed by atoms with E-state index in [4.69, 9.17) is 19.8 Å². The molecule has 2 fully saturated rings. The number of hydrogen-bond acceptors (Lipinski definition) is 3. The van der Waals surface area contributed by atoms with Crippen LogP contribution in [-0.4, -0.2) is 68.6 Å². The number of nitrogens with one attached hydrogen (secondary N) is 1. The van der Waals surface area contributed by atoms with Crippen molar-refractivity contribution in [2.75, 3.05) is 51.6 Å². The normalized spacial score (nSPS) is 27.0. The highest BCUT2D eigenvalue weighted by Gasteiger charge is 2.24. The average molecular weight is 413 g/mol. The topological polar surface area (TPSA) is 38.8 Å². The van der Waals surface area contributed by atoms with Gasteiger partial charge in [0.25, 0.3) is 0 Å². The first-order chi connectivity index (χ1) is 15.9. The molecule has 2 amide bonds. The lowest BCUT2D eigenvalue weighted by Gasteiger charge is -2.37. The highest BCUT2D eigenvalue weighted by Crippen LogP contribution is 2.30. The van der Waals surface area contributed by atoms with E-state index in [-0.39, 0.29) is 24.2 Å². The highest BCUT2D eigenvalue weighted by molar-refractivity contribution is 6.34. The van der Waals surface area contributed by atoms with Crippen molar-refractivity contribution in [1.82, 2.24) is 15.1 Å². The molecule has 3 rings (SSSR count). The van der Waals surface area contributed by atoms with E-state index in [1.165, 1.54) is 7.05 Å². The maximum absolute atomic E-state index is 12.1. The van der Waals surface area contributed by atoms with E-state index in [2.05, 4.69) is 15.1 Å². The molecule has 1 heterocycles. The molecule has 1 aliphatic heterocycles. The van der Waals surface area contributed by atoms with Crippen LogP contribution in [0.5, 0.6) is 0 Å². The second-order valence-electron chi connectivity index (χ2n) is 8.01. The molecule has 1 saturated carbocycles. The van der Waals surface area contributed by atoms with Crippen LogP contribution in [0.15, 0.2) is 18.1 Å². The number of rotatable bonds is 5. The summed E-state index contributed by atoms with van der Waals surface area (Å²) >= 11 is 6.46. The number of anilines is 1. The minimum atomic E-state index is -2.42. The minimum absolute atomic E-state index is 0.0240. The molecule has 0 spiro atoms. The SMILES string of the molecule is [2H]c1c([2H])c(C)c(Cl)c(N2CCN(CCC3CCC(NC(=O)N(C)C([2H])([2H])[2H])CC3)CC2)c1[2H]. The molecule has 6 heteroatoms. The van der Waals surface area contributed by atoms with Crippen LogP contribution in [0.25, 0.3) is 0 Å². The Morgan fingerprint density at radius 1 is 1.29 bits per heavy atom. The van der Waals surface area contributed by atoms with Crippen molar-refractivity contribution in [1.29, 1.82) is 0 Å². The van der Waals surface area contributed by atoms with E-state index in [1.54, 1.807) is 6.92 Å². The molecule has 28 heavy (non-hydrogen) atoms. The van der Waals surface area contributed by atoms with Gasteiger partial charge >= 0.3 is 6.03 Å². The fraction of sp³-hybridized carbons (Fsp3) is 0.682. The average Bonchev–Trinajstić information content (AvgIpc) is 2.81. The van der Waals surface area contributed by atoms with Crippen LogP contribution in [-0.2, 0) is 0 Å². The number of carbonyl (C=O) groups excluding carboxylic acids is 1. The van der Waals surface area contributed by atoms with Gasteiger partial charge in [0.05, 0.1) is 14.8 Å². The van der Waals surface area contributed by atoms with Crippen molar-refractivity contribution >= 4 is 23.3 Å². The Kier molecular flexibility index (Phi) is 5.10. The first kappa shape index (κ1) is 14.5. The number of hydrogen-bond donors (Lipinski definition) is 1. The van der Waals surface area contributed by atoms with Crippen LogP contribution in [0.4, 0.5) is 10.5 Å². The molecule has 156 valence electrons. The van der Waals surface area contributed by atoms with Crippen LogP contribution in [0, 0.1) is 12.8 Å². The van der Waals surface area contributed by atoms with Crippen molar-refractivity contribution in [3.8, 4) is 0 Å². The van der Waals surface area contributed by atoms with Crippen LogP contribution < -0.4 is 10.2 Å². The quantitative estimate of drug-likeness (QED) is 0.794. The largest absolute Gasteiger partial charge is 0.368 e. The monoisotopic (exact) mass is 412 g/mol. The molecule has 0 unspecified atom stereocenters. The van der Waals surface area contributed by atoms with Crippen molar-refractivity contribution in [3.05, 3.63) is 28.7 Å². The Labute approximate surface area is 183 Å². The first-order valence-electron chi connectivity index (χ1n) is 13.2. The summed E-state index contributed by atoms with van der Waals surface area (Å²) in [5, 5.41) is 3.26. The lowest BCUT2D eigenvalue weighted by Crippen LogP contribution is -2.47. The first-order valence-corrected chi connectivity index (χ1v) is 10.6. The number of urea groups is 1. The van der Waals surface area contributed by atoms with E-state index in [1.807, 2.05) is 0 Å². The van der Waals surface area contributed by atoms with Gasteiger partial charge in [0.2, 0.25) is 0 Å². The highest BCUT2D eigenvalue weighted by atomic mass is 35.5. The summed E-state index contributed by atoms with van der Waals surface area (Å²) in [5.41, 5.74) is 1.13. The fourth-order valence-electron chi connectivity index (χ4n) is 4.12. The van der Waals surface area contributed by atoms with Gasteiger partial charge < -0.3 is 15.1 Å². The van der Waals surface area contributed by atoms with Gasteiger partial charge in [0.1, 0.15) is 0 Å². The molecular formula is C22H35ClN4O. The molecule has 1 aromatic carbocycles. The molecule has 0 bridgehead atoms. The molecule has 2 aliphatic rings. The molecular weight excluding hydrogens is 372 g/mol. The Bertz CT molecular complexity index is 854. The van der Waals surface area contributed by atoms with Gasteiger partial charge in [-0.1, -0.05) is 23.7 Å². The van der Waals surface area contributed by atoms with Crippen molar-refractivity contribution in [2.45, 2.75) is 45.1 Å². The molecule has 1 saturated heterocycles. The van der Waals surface area contributed by atoms with Crippen molar-refractivity contribution < 1.29 is 13.0 Å². The number of halogens is 1. The number of piperazine rings is 1. The lowest BCUT2D eigenvalue weighted by atomic mass is 9.84. The second-order valence-corrected chi connectivity index (χ2v) is 8.38. The van der Waals surface area contributed by atoms with Crippen molar-refractivity contribution in [2.24, 2.45) is 5.92 Å². The molecule has 1 aromatic rings. The summed E-state index contributed by atoms with van der Waals surface area (Å²) in [4.78, 5) is 17.4. The second kappa shape index (κ2) is 9.84. The molecule has 0 atom stereocenters. The summed E-state index contributed by atoms with van der Waals surface area (Å²) in [6.45, 7) is 3.48. The van der Waals surface area contributed by atoms with Gasteiger partial charge in [0.15, 0.2) is 0 Å². The fourth-order valence-corrected chi connectivity index (χ4v) is 4.33. The van der Waals surface area contributed by atoms with Crippen LogP contribution >= 0.6 is 11.6 Å². The maximum Gasteiger partial charge on any atom is 0.317 e. The van der Waals surface area contributed by atoms with E-state index >= 15 is 0 Å². The van der Waals surface area contributed by atoms with Gasteiger partial charge in [-0.2, -0.15) is 0 Å². The number of nitrogens with zero attached hydrogens (tertiary/aromatic N) is 3. The predicted octanol–water partition coefficient (Wildman–Crippen LogP) is 3.99. The number of benzene rings is 1. The zero-order valence-corrected chi connectivity index (χ0v) is 17.6. The van der Waals surface area contributed by atoms with E-state index in [0.29, 0.717) is 22.2 Å². The lowest BCUT2D eigenvalue weighted by molar-refractivity contribution is 0.194. The van der Waals surface area contributed by atoms with E-state index in [0.717, 1.165) is 69.7 Å². The molecule has 0 aromatic heterocycles. The zero-order valence-electron chi connectivity index (χ0n) is 22.9. The predicted molar refractivity (Wildman–Crippen MR) is 117 cm³/mol. The number of carbonyl (C=O) groups is 1. The zero-order chi connectivity index (χ0) is 25.2. The smallest absolute Gasteiger partial charge is 0.317 e. The Morgan fingerprint density at radius 3 is 2.68 bits per heavy atom. The molecule has 5 nitrogen and oxygen atoms in total. The Morgan fingerprint density at radius 2 is 2.00 bits per heavy atom. The summed E-state index contributed by atoms with van der Waals surface area (Å²) in [5.74, 6) is 0.596. The Hall–Kier alpha value is -1.46. The van der Waals surface area contributed by atoms with Gasteiger partial charge in [-0.3, -0.25) is 4.90 Å². The van der Waals surface area contributed by atoms with Gasteiger partial charge in [-0.25, -0.2) is 4.79 Å². The van der Waals surface area contributed by atoms with Crippen LogP contribution in [0.3, 0.4) is 0 Å². The third-order valence-electron chi connectivity index (χ3n) is 5.99. The molecule has 1 aliphatic carbocycles. The summed E-state index contributed by atoms with van der Waals surface area (Å²) in [6, 6.07) is -0.529.